The summed E-state index contributed by atoms with van der Waals surface area (Å²) in [5, 5.41) is 0. The topological polar surface area (TPSA) is 12.0 Å². The summed E-state index contributed by atoms with van der Waals surface area (Å²) >= 11 is 5.78. The quantitative estimate of drug-likeness (QED) is 0.392. The molecule has 0 fully saturated rings. The molecule has 0 atom stereocenters. The summed E-state index contributed by atoms with van der Waals surface area (Å²) in [6, 6.07) is 0. The summed E-state index contributed by atoms with van der Waals surface area (Å²) in [4.78, 5) is 0. The van der Waals surface area contributed by atoms with Gasteiger partial charge in [0.25, 0.3) is 0 Å². The molecule has 6 heavy (non-hydrogen) atoms. The molecule has 0 aromatic rings. The Bertz CT molecular complexity index is 41.3. The van der Waals surface area contributed by atoms with Gasteiger partial charge in [0.2, 0.25) is 7.55 Å². The molecule has 0 aromatic carbocycles. The van der Waals surface area contributed by atoms with Crippen molar-refractivity contribution in [3.63, 3.8) is 0 Å². The zero-order valence-electron chi connectivity index (χ0n) is 4.38. The molecule has 0 unspecified atom stereocenters. The molecule has 4 heteroatoms. The Morgan fingerprint density at radius 1 is 1.67 bits per heavy atom. The van der Waals surface area contributed by atoms with Crippen molar-refractivity contribution in [3.05, 3.63) is 0 Å². The van der Waals surface area contributed by atoms with E-state index in [0.29, 0.717) is 0 Å². The second kappa shape index (κ2) is 2.11. The Balaban J connectivity index is 3.17. The summed E-state index contributed by atoms with van der Waals surface area (Å²) in [6.07, 6.45) is 0. The van der Waals surface area contributed by atoms with Crippen molar-refractivity contribution in [2.24, 2.45) is 0 Å². The lowest BCUT2D eigenvalue weighted by Crippen LogP contribution is -2.36. The van der Waals surface area contributed by atoms with Gasteiger partial charge >= 0.3 is 0 Å². The minimum atomic E-state index is -1.35. The highest BCUT2D eigenvalue weighted by Gasteiger charge is 2.10. The molecular formula is C2H10ClNSi2. The van der Waals surface area contributed by atoms with Crippen molar-refractivity contribution in [2.45, 2.75) is 13.1 Å². The van der Waals surface area contributed by atoms with E-state index in [1.54, 1.807) is 0 Å². The largest absolute Gasteiger partial charge is 0.355 e. The van der Waals surface area contributed by atoms with E-state index in [2.05, 4.69) is 17.7 Å². The maximum absolute atomic E-state index is 5.78. The molecule has 38 valence electrons. The van der Waals surface area contributed by atoms with E-state index >= 15 is 0 Å². The third kappa shape index (κ3) is 4.68. The van der Waals surface area contributed by atoms with Crippen LogP contribution in [0.4, 0.5) is 0 Å². The smallest absolute Gasteiger partial charge is 0.213 e. The highest BCUT2D eigenvalue weighted by atomic mass is 35.6. The molecule has 0 saturated carbocycles. The summed E-state index contributed by atoms with van der Waals surface area (Å²) in [5.41, 5.74) is 0. The molecule has 0 rings (SSSR count). The van der Waals surface area contributed by atoms with Crippen molar-refractivity contribution in [1.29, 1.82) is 0 Å². The van der Waals surface area contributed by atoms with Gasteiger partial charge in [-0.3, -0.25) is 0 Å². The predicted octanol–water partition coefficient (Wildman–Crippen LogP) is -0.203. The van der Waals surface area contributed by atoms with Gasteiger partial charge in [-0.2, -0.15) is 0 Å². The van der Waals surface area contributed by atoms with Crippen LogP contribution >= 0.6 is 11.1 Å². The Kier molecular flexibility index (Phi) is 2.35. The van der Waals surface area contributed by atoms with Crippen LogP contribution in [0.1, 0.15) is 0 Å². The third-order valence-electron chi connectivity index (χ3n) is 0.594. The standard InChI is InChI=1S/C2H10ClNSi2/c1-6(2,3)4-5/h4H,1-2,5H3. The molecule has 0 spiro atoms. The van der Waals surface area contributed by atoms with Gasteiger partial charge in [-0.1, -0.05) is 0 Å². The summed E-state index contributed by atoms with van der Waals surface area (Å²) < 4.78 is 3.15. The molecule has 0 bridgehead atoms. The SMILES string of the molecule is C[Si](C)(Cl)N[SiH3]. The van der Waals surface area contributed by atoms with Crippen molar-refractivity contribution in [2.75, 3.05) is 0 Å². The first-order valence-electron chi connectivity index (χ1n) is 1.94. The van der Waals surface area contributed by atoms with Gasteiger partial charge in [0.05, 0.1) is 10.4 Å². The van der Waals surface area contributed by atoms with Crippen LogP contribution in [0.2, 0.25) is 13.1 Å². The van der Waals surface area contributed by atoms with Crippen LogP contribution in [0.15, 0.2) is 0 Å². The predicted molar refractivity (Wildman–Crippen MR) is 36.4 cm³/mol. The van der Waals surface area contributed by atoms with E-state index in [0.717, 1.165) is 10.4 Å². The van der Waals surface area contributed by atoms with E-state index in [1.807, 2.05) is 0 Å². The maximum Gasteiger partial charge on any atom is 0.213 e. The summed E-state index contributed by atoms with van der Waals surface area (Å²) in [7, 11) is -0.319. The van der Waals surface area contributed by atoms with Crippen LogP contribution in [-0.4, -0.2) is 17.9 Å². The zero-order valence-corrected chi connectivity index (χ0v) is 8.13. The second-order valence-corrected chi connectivity index (χ2v) is 9.50. The molecule has 0 heterocycles. The Labute approximate surface area is 47.4 Å². The van der Waals surface area contributed by atoms with Crippen LogP contribution in [0.3, 0.4) is 0 Å². The van der Waals surface area contributed by atoms with Crippen molar-refractivity contribution in [1.82, 2.24) is 4.65 Å². The fraction of sp³-hybridized carbons (Fsp3) is 1.00. The maximum atomic E-state index is 5.78. The molecule has 0 aliphatic rings. The van der Waals surface area contributed by atoms with E-state index in [9.17, 15) is 0 Å². The molecule has 0 saturated heterocycles. The average molecular weight is 140 g/mol. The van der Waals surface area contributed by atoms with E-state index in [1.165, 1.54) is 0 Å². The first kappa shape index (κ1) is 6.68. The van der Waals surface area contributed by atoms with Gasteiger partial charge in [-0.05, 0) is 13.1 Å². The number of nitrogens with one attached hydrogen (secondary N) is 1. The third-order valence-corrected chi connectivity index (χ3v) is 7.05. The van der Waals surface area contributed by atoms with Gasteiger partial charge in [-0.25, -0.2) is 0 Å². The van der Waals surface area contributed by atoms with Gasteiger partial charge in [0.1, 0.15) is 0 Å². The second-order valence-electron chi connectivity index (χ2n) is 1.72. The average Bonchev–Trinajstić information content (AvgIpc) is 1.35. The normalized spacial score (nSPS) is 12.5. The Morgan fingerprint density at radius 3 is 1.83 bits per heavy atom. The fourth-order valence-corrected chi connectivity index (χ4v) is 0. The monoisotopic (exact) mass is 139 g/mol. The first-order valence-corrected chi connectivity index (χ1v) is 6.95. The number of hydrogen-bond acceptors (Lipinski definition) is 1. The van der Waals surface area contributed by atoms with Crippen LogP contribution in [0, 0.1) is 0 Å². The highest BCUT2D eigenvalue weighted by molar-refractivity contribution is 7.18. The molecule has 0 amide bonds. The molecule has 0 radical (unpaired) electrons. The van der Waals surface area contributed by atoms with Crippen molar-refractivity contribution >= 4 is 29.0 Å². The molecule has 0 aromatic heterocycles. The Morgan fingerprint density at radius 2 is 1.83 bits per heavy atom. The van der Waals surface area contributed by atoms with E-state index in [4.69, 9.17) is 11.1 Å². The number of halogens is 1. The van der Waals surface area contributed by atoms with Crippen molar-refractivity contribution in [3.8, 4) is 0 Å². The van der Waals surface area contributed by atoms with Gasteiger partial charge < -0.3 is 4.65 Å². The van der Waals surface area contributed by atoms with Gasteiger partial charge in [-0.15, -0.1) is 11.1 Å². The Hall–Kier alpha value is 0.684. The van der Waals surface area contributed by atoms with Gasteiger partial charge in [0.15, 0.2) is 0 Å². The molecule has 1 N–H and O–H groups in total. The lowest BCUT2D eigenvalue weighted by Gasteiger charge is -2.08. The first-order chi connectivity index (χ1) is 2.56. The summed E-state index contributed by atoms with van der Waals surface area (Å²) in [5.74, 6) is 0. The number of rotatable bonds is 1. The highest BCUT2D eigenvalue weighted by Crippen LogP contribution is 1.98. The van der Waals surface area contributed by atoms with Crippen molar-refractivity contribution < 1.29 is 0 Å². The summed E-state index contributed by atoms with van der Waals surface area (Å²) in [6.45, 7) is 4.14. The van der Waals surface area contributed by atoms with Crippen LogP contribution in [0.5, 0.6) is 0 Å². The van der Waals surface area contributed by atoms with Crippen LogP contribution in [0.25, 0.3) is 0 Å². The van der Waals surface area contributed by atoms with Crippen LogP contribution < -0.4 is 4.65 Å². The van der Waals surface area contributed by atoms with E-state index in [-0.39, 0.29) is 0 Å². The number of hydrogen-bond donors (Lipinski definition) is 1. The molecule has 0 aliphatic heterocycles. The molecule has 1 nitrogen and oxygen atoms in total. The minimum absolute atomic E-state index is 1.03. The molecule has 0 aliphatic carbocycles. The lowest BCUT2D eigenvalue weighted by molar-refractivity contribution is 1.51. The minimum Gasteiger partial charge on any atom is -0.355 e. The lowest BCUT2D eigenvalue weighted by atomic mass is 11.9. The van der Waals surface area contributed by atoms with E-state index < -0.39 is 7.55 Å². The zero-order chi connectivity index (χ0) is 5.21. The fourth-order valence-electron chi connectivity index (χ4n) is 0. The van der Waals surface area contributed by atoms with Gasteiger partial charge in [0, 0.05) is 0 Å². The van der Waals surface area contributed by atoms with Crippen LogP contribution in [-0.2, 0) is 0 Å². The molecular weight excluding hydrogens is 130 g/mol.